The number of anilines is 1. The van der Waals surface area contributed by atoms with Gasteiger partial charge in [0.05, 0.1) is 25.0 Å². The summed E-state index contributed by atoms with van der Waals surface area (Å²) in [6.45, 7) is 3.07. The van der Waals surface area contributed by atoms with Crippen molar-refractivity contribution in [2.24, 2.45) is 0 Å². The zero-order valence-corrected chi connectivity index (χ0v) is 16.6. The number of halogens is 4. The second kappa shape index (κ2) is 8.78. The number of nitrogens with zero attached hydrogens (tertiary/aromatic N) is 3. The zero-order chi connectivity index (χ0) is 21.8. The first-order chi connectivity index (χ1) is 13.5. The highest BCUT2D eigenvalue weighted by atomic mass is 35.5. The number of carbonyl (C=O) groups excluding carboxylic acids is 1. The van der Waals surface area contributed by atoms with Crippen LogP contribution in [0, 0.1) is 0 Å². The highest BCUT2D eigenvalue weighted by Gasteiger charge is 2.36. The van der Waals surface area contributed by atoms with Gasteiger partial charge >= 0.3 is 12.1 Å². The lowest BCUT2D eigenvalue weighted by Crippen LogP contribution is -2.35. The van der Waals surface area contributed by atoms with Gasteiger partial charge in [0.25, 0.3) is 0 Å². The van der Waals surface area contributed by atoms with Gasteiger partial charge in [-0.3, -0.25) is 0 Å². The summed E-state index contributed by atoms with van der Waals surface area (Å²) in [5.74, 6) is -2.40. The Balaban J connectivity index is 2.58. The average molecular weight is 450 g/mol. The van der Waals surface area contributed by atoms with Gasteiger partial charge in [0.1, 0.15) is 0 Å². The van der Waals surface area contributed by atoms with Crippen LogP contribution in [0.15, 0.2) is 43.2 Å². The number of hydrogen-bond acceptors (Lipinski definition) is 6. The fourth-order valence-corrected chi connectivity index (χ4v) is 4.15. The van der Waals surface area contributed by atoms with Crippen molar-refractivity contribution in [1.29, 1.82) is 0 Å². The number of hydrogen-bond donors (Lipinski definition) is 0. The standard InChI is InChI=1S/C17H15ClF3N3O4S/c1-3-8-24(15-14(16(25)28-2)22-6-7-23-15)29(26,27)10-11-9-12(18)4-5-13(11)17(19,20)21/h3-7,9H,1,8,10H2,2H3. The topological polar surface area (TPSA) is 89.5 Å². The highest BCUT2D eigenvalue weighted by molar-refractivity contribution is 7.92. The summed E-state index contributed by atoms with van der Waals surface area (Å²) in [6, 6.07) is 2.64. The van der Waals surface area contributed by atoms with Gasteiger partial charge in [-0.05, 0) is 23.8 Å². The lowest BCUT2D eigenvalue weighted by molar-refractivity contribution is -0.138. The Bertz CT molecular complexity index is 1030. The minimum absolute atomic E-state index is 0.0618. The quantitative estimate of drug-likeness (QED) is 0.475. The van der Waals surface area contributed by atoms with E-state index in [1.54, 1.807) is 0 Å². The van der Waals surface area contributed by atoms with Crippen molar-refractivity contribution in [1.82, 2.24) is 9.97 Å². The number of carbonyl (C=O) groups is 1. The number of alkyl halides is 3. The number of aromatic nitrogens is 2. The predicted octanol–water partition coefficient (Wildman–Crippen LogP) is 3.46. The first-order valence-electron chi connectivity index (χ1n) is 7.87. The van der Waals surface area contributed by atoms with Crippen molar-refractivity contribution in [2.45, 2.75) is 11.9 Å². The Kier molecular flexibility index (Phi) is 6.85. The molecular formula is C17H15ClF3N3O4S. The van der Waals surface area contributed by atoms with Crippen LogP contribution in [0.1, 0.15) is 21.6 Å². The molecule has 7 nitrogen and oxygen atoms in total. The summed E-state index contributed by atoms with van der Waals surface area (Å²) < 4.78 is 71.1. The smallest absolute Gasteiger partial charge is 0.416 e. The number of methoxy groups -OCH3 is 1. The van der Waals surface area contributed by atoms with Crippen LogP contribution < -0.4 is 4.31 Å². The Morgan fingerprint density at radius 3 is 2.55 bits per heavy atom. The van der Waals surface area contributed by atoms with Crippen LogP contribution in [0.3, 0.4) is 0 Å². The molecule has 0 saturated heterocycles. The lowest BCUT2D eigenvalue weighted by Gasteiger charge is -2.24. The largest absolute Gasteiger partial charge is 0.464 e. The number of rotatable bonds is 7. The van der Waals surface area contributed by atoms with Crippen molar-refractivity contribution < 1.29 is 31.1 Å². The lowest BCUT2D eigenvalue weighted by atomic mass is 10.1. The second-order valence-electron chi connectivity index (χ2n) is 5.60. The van der Waals surface area contributed by atoms with Crippen molar-refractivity contribution in [2.75, 3.05) is 18.0 Å². The zero-order valence-electron chi connectivity index (χ0n) is 15.0. The molecule has 0 bridgehead atoms. The van der Waals surface area contributed by atoms with E-state index in [2.05, 4.69) is 21.3 Å². The van der Waals surface area contributed by atoms with Crippen LogP contribution in [-0.4, -0.2) is 38.0 Å². The summed E-state index contributed by atoms with van der Waals surface area (Å²) in [7, 11) is -3.40. The Hall–Kier alpha value is -2.66. The van der Waals surface area contributed by atoms with E-state index in [-0.39, 0.29) is 11.6 Å². The molecule has 0 atom stereocenters. The van der Waals surface area contributed by atoms with E-state index in [4.69, 9.17) is 11.6 Å². The number of sulfonamides is 1. The van der Waals surface area contributed by atoms with Crippen LogP contribution >= 0.6 is 11.6 Å². The molecule has 0 spiro atoms. The first-order valence-corrected chi connectivity index (χ1v) is 9.86. The third-order valence-electron chi connectivity index (χ3n) is 3.64. The fourth-order valence-electron chi connectivity index (χ4n) is 2.44. The van der Waals surface area contributed by atoms with Crippen LogP contribution in [0.5, 0.6) is 0 Å². The van der Waals surface area contributed by atoms with E-state index >= 15 is 0 Å². The van der Waals surface area contributed by atoms with Gasteiger partial charge in [-0.25, -0.2) is 27.5 Å². The number of esters is 1. The van der Waals surface area contributed by atoms with E-state index < -0.39 is 50.6 Å². The summed E-state index contributed by atoms with van der Waals surface area (Å²) >= 11 is 5.76. The molecule has 0 saturated carbocycles. The molecular weight excluding hydrogens is 435 g/mol. The highest BCUT2D eigenvalue weighted by Crippen LogP contribution is 2.35. The molecule has 0 amide bonds. The molecule has 29 heavy (non-hydrogen) atoms. The number of benzene rings is 1. The molecule has 2 aromatic rings. The maximum absolute atomic E-state index is 13.3. The van der Waals surface area contributed by atoms with E-state index in [1.807, 2.05) is 0 Å². The SMILES string of the molecule is C=CCN(c1nccnc1C(=O)OC)S(=O)(=O)Cc1cc(Cl)ccc1C(F)(F)F. The molecule has 0 N–H and O–H groups in total. The molecule has 0 aliphatic rings. The van der Waals surface area contributed by atoms with Crippen molar-refractivity contribution >= 4 is 33.4 Å². The Morgan fingerprint density at radius 1 is 1.31 bits per heavy atom. The van der Waals surface area contributed by atoms with Gasteiger partial charge in [-0.15, -0.1) is 6.58 Å². The molecule has 0 aliphatic heterocycles. The summed E-state index contributed by atoms with van der Waals surface area (Å²) in [5.41, 5.74) is -2.11. The predicted molar refractivity (Wildman–Crippen MR) is 100.0 cm³/mol. The van der Waals surface area contributed by atoms with Crippen molar-refractivity contribution in [3.8, 4) is 0 Å². The van der Waals surface area contributed by atoms with E-state index in [9.17, 15) is 26.4 Å². The van der Waals surface area contributed by atoms with Crippen LogP contribution in [0.2, 0.25) is 5.02 Å². The molecule has 0 aliphatic carbocycles. The maximum Gasteiger partial charge on any atom is 0.416 e. The van der Waals surface area contributed by atoms with E-state index in [0.29, 0.717) is 10.4 Å². The number of ether oxygens (including phenoxy) is 1. The molecule has 1 aromatic heterocycles. The summed E-state index contributed by atoms with van der Waals surface area (Å²) in [6.07, 6.45) is -1.32. The fraction of sp³-hybridized carbons (Fsp3) is 0.235. The minimum atomic E-state index is -4.79. The molecule has 0 fully saturated rings. The van der Waals surface area contributed by atoms with Crippen molar-refractivity contribution in [3.05, 3.63) is 65.1 Å². The third-order valence-corrected chi connectivity index (χ3v) is 5.54. The van der Waals surface area contributed by atoms with Gasteiger partial charge in [-0.2, -0.15) is 13.2 Å². The average Bonchev–Trinajstić information content (AvgIpc) is 2.64. The molecule has 1 heterocycles. The molecule has 12 heteroatoms. The molecule has 0 radical (unpaired) electrons. The molecule has 1 aromatic carbocycles. The van der Waals surface area contributed by atoms with E-state index in [1.165, 1.54) is 6.08 Å². The van der Waals surface area contributed by atoms with Gasteiger partial charge in [0.15, 0.2) is 11.5 Å². The maximum atomic E-state index is 13.3. The molecule has 2 rings (SSSR count). The summed E-state index contributed by atoms with van der Waals surface area (Å²) in [4.78, 5) is 19.5. The van der Waals surface area contributed by atoms with Crippen LogP contribution in [0.25, 0.3) is 0 Å². The third kappa shape index (κ3) is 5.24. The van der Waals surface area contributed by atoms with Crippen LogP contribution in [-0.2, 0) is 26.7 Å². The molecule has 0 unspecified atom stereocenters. The van der Waals surface area contributed by atoms with Gasteiger partial charge in [0.2, 0.25) is 10.0 Å². The van der Waals surface area contributed by atoms with Crippen molar-refractivity contribution in [3.63, 3.8) is 0 Å². The normalized spacial score (nSPS) is 11.8. The molecule has 156 valence electrons. The Labute approximate surface area is 169 Å². The monoisotopic (exact) mass is 449 g/mol. The summed E-state index contributed by atoms with van der Waals surface area (Å²) in [5, 5.41) is -0.0618. The van der Waals surface area contributed by atoms with Gasteiger partial charge < -0.3 is 4.74 Å². The van der Waals surface area contributed by atoms with Crippen LogP contribution in [0.4, 0.5) is 19.0 Å². The van der Waals surface area contributed by atoms with Gasteiger partial charge in [-0.1, -0.05) is 17.7 Å². The first kappa shape index (κ1) is 22.6. The minimum Gasteiger partial charge on any atom is -0.464 e. The van der Waals surface area contributed by atoms with Gasteiger partial charge in [0, 0.05) is 17.4 Å². The van der Waals surface area contributed by atoms with E-state index in [0.717, 1.165) is 31.6 Å². The Morgan fingerprint density at radius 2 is 1.97 bits per heavy atom. The second-order valence-corrected chi connectivity index (χ2v) is 7.93.